The zero-order valence-corrected chi connectivity index (χ0v) is 8.88. The van der Waals surface area contributed by atoms with Crippen molar-refractivity contribution >= 4 is 11.6 Å². The van der Waals surface area contributed by atoms with E-state index in [1.165, 1.54) is 0 Å². The van der Waals surface area contributed by atoms with E-state index in [2.05, 4.69) is 11.8 Å². The molecule has 1 N–H and O–H groups in total. The van der Waals surface area contributed by atoms with E-state index in [4.69, 9.17) is 11.6 Å². The normalized spacial score (nSPS) is 11.6. The van der Waals surface area contributed by atoms with Crippen molar-refractivity contribution in [2.75, 3.05) is 0 Å². The van der Waals surface area contributed by atoms with Crippen molar-refractivity contribution in [2.24, 2.45) is 0 Å². The van der Waals surface area contributed by atoms with E-state index in [0.717, 1.165) is 5.56 Å². The van der Waals surface area contributed by atoms with Crippen LogP contribution in [0, 0.1) is 11.8 Å². The van der Waals surface area contributed by atoms with Gasteiger partial charge < -0.3 is 5.11 Å². The van der Waals surface area contributed by atoms with Gasteiger partial charge in [0.05, 0.1) is 6.10 Å². The predicted molar refractivity (Wildman–Crippen MR) is 59.2 cm³/mol. The molecular weight excluding hydrogens is 196 g/mol. The summed E-state index contributed by atoms with van der Waals surface area (Å²) in [7, 11) is 0. The van der Waals surface area contributed by atoms with Crippen LogP contribution in [0.5, 0.6) is 0 Å². The minimum Gasteiger partial charge on any atom is -0.392 e. The van der Waals surface area contributed by atoms with E-state index in [9.17, 15) is 5.11 Å². The average Bonchev–Trinajstić information content (AvgIpc) is 2.15. The molecule has 1 nitrogen and oxygen atoms in total. The first-order valence-corrected chi connectivity index (χ1v) is 4.92. The molecule has 2 heteroatoms. The number of benzene rings is 1. The Kier molecular flexibility index (Phi) is 4.52. The fraction of sp³-hybridized carbons (Fsp3) is 0.333. The Morgan fingerprint density at radius 3 is 2.93 bits per heavy atom. The maximum absolute atomic E-state index is 9.58. The Hall–Kier alpha value is -0.970. The molecule has 0 aromatic heterocycles. The van der Waals surface area contributed by atoms with E-state index >= 15 is 0 Å². The maximum atomic E-state index is 9.58. The van der Waals surface area contributed by atoms with Gasteiger partial charge in [0, 0.05) is 11.4 Å². The lowest BCUT2D eigenvalue weighted by Crippen LogP contribution is -2.08. The van der Waals surface area contributed by atoms with Gasteiger partial charge in [0.2, 0.25) is 0 Å². The monoisotopic (exact) mass is 208 g/mol. The largest absolute Gasteiger partial charge is 0.392 e. The molecule has 14 heavy (non-hydrogen) atoms. The number of aliphatic hydroxyl groups is 1. The van der Waals surface area contributed by atoms with Gasteiger partial charge in [-0.1, -0.05) is 23.7 Å². The van der Waals surface area contributed by atoms with Crippen molar-refractivity contribution in [2.45, 2.75) is 25.9 Å². The molecule has 1 aromatic carbocycles. The van der Waals surface area contributed by atoms with Crippen molar-refractivity contribution in [3.63, 3.8) is 0 Å². The molecule has 74 valence electrons. The highest BCUT2D eigenvalue weighted by Crippen LogP contribution is 2.12. The fourth-order valence-corrected chi connectivity index (χ4v) is 1.44. The minimum atomic E-state index is -0.402. The zero-order valence-electron chi connectivity index (χ0n) is 8.13. The van der Waals surface area contributed by atoms with Gasteiger partial charge in [-0.15, -0.1) is 11.8 Å². The van der Waals surface area contributed by atoms with Crippen molar-refractivity contribution in [1.29, 1.82) is 0 Å². The third-order valence-corrected chi connectivity index (χ3v) is 2.11. The summed E-state index contributed by atoms with van der Waals surface area (Å²) in [6.07, 6.45) is 0.721. The summed E-state index contributed by atoms with van der Waals surface area (Å²) in [6.45, 7) is 1.77. The van der Waals surface area contributed by atoms with Crippen molar-refractivity contribution in [3.05, 3.63) is 34.9 Å². The average molecular weight is 209 g/mol. The van der Waals surface area contributed by atoms with Crippen LogP contribution in [-0.2, 0) is 6.42 Å². The first kappa shape index (κ1) is 11.1. The zero-order chi connectivity index (χ0) is 10.4. The van der Waals surface area contributed by atoms with Crippen LogP contribution in [-0.4, -0.2) is 11.2 Å². The Balaban J connectivity index is 2.54. The molecular formula is C12H13ClO. The van der Waals surface area contributed by atoms with Crippen LogP contribution in [0.15, 0.2) is 24.3 Å². The van der Waals surface area contributed by atoms with Gasteiger partial charge in [0.15, 0.2) is 0 Å². The van der Waals surface area contributed by atoms with Crippen LogP contribution in [0.3, 0.4) is 0 Å². The van der Waals surface area contributed by atoms with Gasteiger partial charge >= 0.3 is 0 Å². The van der Waals surface area contributed by atoms with Gasteiger partial charge in [-0.05, 0) is 31.0 Å². The third kappa shape index (κ3) is 3.83. The van der Waals surface area contributed by atoms with Crippen LogP contribution in [0.4, 0.5) is 0 Å². The second-order valence-electron chi connectivity index (χ2n) is 3.12. The molecule has 0 radical (unpaired) electrons. The quantitative estimate of drug-likeness (QED) is 0.758. The Morgan fingerprint density at radius 2 is 2.29 bits per heavy atom. The molecule has 0 saturated carbocycles. The Labute approximate surface area is 89.7 Å². The molecule has 0 amide bonds. The van der Waals surface area contributed by atoms with Crippen LogP contribution < -0.4 is 0 Å². The maximum Gasteiger partial charge on any atom is 0.0689 e. The Morgan fingerprint density at radius 1 is 1.50 bits per heavy atom. The fourth-order valence-electron chi connectivity index (χ4n) is 1.23. The topological polar surface area (TPSA) is 20.2 Å². The summed E-state index contributed by atoms with van der Waals surface area (Å²) in [5, 5.41) is 10.3. The van der Waals surface area contributed by atoms with Crippen LogP contribution in [0.1, 0.15) is 18.9 Å². The lowest BCUT2D eigenvalue weighted by Gasteiger charge is -2.06. The van der Waals surface area contributed by atoms with Crippen LogP contribution in [0.2, 0.25) is 5.02 Å². The molecule has 1 atom stereocenters. The number of hydrogen-bond donors (Lipinski definition) is 1. The summed E-state index contributed by atoms with van der Waals surface area (Å²) in [5.41, 5.74) is 1.04. The molecule has 0 aliphatic carbocycles. The number of rotatable bonds is 3. The van der Waals surface area contributed by atoms with Crippen LogP contribution in [0.25, 0.3) is 0 Å². The molecule has 0 saturated heterocycles. The van der Waals surface area contributed by atoms with Crippen LogP contribution >= 0.6 is 11.6 Å². The van der Waals surface area contributed by atoms with E-state index < -0.39 is 6.10 Å². The molecule has 0 heterocycles. The van der Waals surface area contributed by atoms with Gasteiger partial charge in [0.1, 0.15) is 0 Å². The van der Waals surface area contributed by atoms with Crippen molar-refractivity contribution in [3.8, 4) is 11.8 Å². The van der Waals surface area contributed by atoms with E-state index in [0.29, 0.717) is 17.9 Å². The summed E-state index contributed by atoms with van der Waals surface area (Å²) in [5.74, 6) is 5.61. The molecule has 1 aromatic rings. The predicted octanol–water partition coefficient (Wildman–Crippen LogP) is 2.66. The van der Waals surface area contributed by atoms with Gasteiger partial charge in [-0.2, -0.15) is 0 Å². The second kappa shape index (κ2) is 5.70. The molecule has 1 unspecified atom stereocenters. The number of aliphatic hydroxyl groups excluding tert-OH is 1. The minimum absolute atomic E-state index is 0.402. The lowest BCUT2D eigenvalue weighted by atomic mass is 10.1. The van der Waals surface area contributed by atoms with Crippen molar-refractivity contribution < 1.29 is 5.11 Å². The second-order valence-corrected chi connectivity index (χ2v) is 3.56. The van der Waals surface area contributed by atoms with Gasteiger partial charge in [-0.25, -0.2) is 0 Å². The highest BCUT2D eigenvalue weighted by Gasteiger charge is 2.03. The summed E-state index contributed by atoms with van der Waals surface area (Å²) in [4.78, 5) is 0. The van der Waals surface area contributed by atoms with Crippen molar-refractivity contribution in [1.82, 2.24) is 0 Å². The smallest absolute Gasteiger partial charge is 0.0689 e. The molecule has 1 rings (SSSR count). The molecule has 0 aliphatic rings. The third-order valence-electron chi connectivity index (χ3n) is 1.87. The molecule has 0 fully saturated rings. The van der Waals surface area contributed by atoms with Gasteiger partial charge in [-0.3, -0.25) is 0 Å². The summed E-state index contributed by atoms with van der Waals surface area (Å²) < 4.78 is 0. The van der Waals surface area contributed by atoms with E-state index in [1.54, 1.807) is 6.92 Å². The molecule has 0 aliphatic heterocycles. The van der Waals surface area contributed by atoms with Gasteiger partial charge in [0.25, 0.3) is 0 Å². The SMILES string of the molecule is CC#CCC(O)Cc1cccc(Cl)c1. The lowest BCUT2D eigenvalue weighted by molar-refractivity contribution is 0.180. The highest BCUT2D eigenvalue weighted by atomic mass is 35.5. The number of halogens is 1. The Bertz CT molecular complexity index is 349. The summed E-state index contributed by atoms with van der Waals surface area (Å²) in [6, 6.07) is 7.53. The first-order chi connectivity index (χ1) is 6.72. The molecule has 0 spiro atoms. The standard InChI is InChI=1S/C12H13ClO/c1-2-3-7-12(14)9-10-5-4-6-11(13)8-10/h4-6,8,12,14H,7,9H2,1H3. The van der Waals surface area contributed by atoms with E-state index in [1.807, 2.05) is 24.3 Å². The first-order valence-electron chi connectivity index (χ1n) is 4.54. The number of hydrogen-bond acceptors (Lipinski definition) is 1. The highest BCUT2D eigenvalue weighted by molar-refractivity contribution is 6.30. The molecule has 0 bridgehead atoms. The van der Waals surface area contributed by atoms with E-state index in [-0.39, 0.29) is 0 Å². The summed E-state index contributed by atoms with van der Waals surface area (Å²) >= 11 is 5.82.